The topological polar surface area (TPSA) is 41.7 Å². The van der Waals surface area contributed by atoms with Gasteiger partial charge in [0.15, 0.2) is 0 Å². The van der Waals surface area contributed by atoms with E-state index in [-0.39, 0.29) is 0 Å². The van der Waals surface area contributed by atoms with Gasteiger partial charge in [0.05, 0.1) is 11.6 Å². The zero-order valence-corrected chi connectivity index (χ0v) is 14.5. The lowest BCUT2D eigenvalue weighted by Crippen LogP contribution is -2.44. The van der Waals surface area contributed by atoms with Crippen LogP contribution in [0.3, 0.4) is 0 Å². The number of rotatable bonds is 6. The molecule has 1 aromatic heterocycles. The Labute approximate surface area is 142 Å². The molecule has 4 nitrogen and oxygen atoms in total. The smallest absolute Gasteiger partial charge is 0.119 e. The van der Waals surface area contributed by atoms with Gasteiger partial charge in [0.2, 0.25) is 0 Å². The van der Waals surface area contributed by atoms with E-state index in [1.165, 1.54) is 36.6 Å². The van der Waals surface area contributed by atoms with Gasteiger partial charge in [-0.25, -0.2) is 0 Å². The van der Waals surface area contributed by atoms with E-state index in [0.29, 0.717) is 0 Å². The van der Waals surface area contributed by atoms with Gasteiger partial charge in [0.25, 0.3) is 0 Å². The molecule has 1 aliphatic rings. The molecule has 1 aromatic carbocycles. The van der Waals surface area contributed by atoms with Gasteiger partial charge in [0, 0.05) is 37.6 Å². The summed E-state index contributed by atoms with van der Waals surface area (Å²) in [6.07, 6.45) is 1.08. The first kappa shape index (κ1) is 16.3. The largest absolute Gasteiger partial charge is 0.494 e. The Bertz CT molecular complexity index is 603. The van der Waals surface area contributed by atoms with E-state index in [0.717, 1.165) is 30.3 Å². The normalized spacial score (nSPS) is 16.6. The Morgan fingerprint density at radius 2 is 1.78 bits per heavy atom. The number of piperazine rings is 1. The van der Waals surface area contributed by atoms with Crippen molar-refractivity contribution in [2.75, 3.05) is 52.1 Å². The molecule has 23 heavy (non-hydrogen) atoms. The first-order valence-corrected chi connectivity index (χ1v) is 9.02. The molecule has 124 valence electrons. The summed E-state index contributed by atoms with van der Waals surface area (Å²) in [7, 11) is 2.19. The molecule has 0 spiro atoms. The second kappa shape index (κ2) is 7.81. The van der Waals surface area contributed by atoms with Crippen LogP contribution in [-0.4, -0.2) is 56.2 Å². The van der Waals surface area contributed by atoms with Crippen LogP contribution in [-0.2, 0) is 0 Å². The standard InChI is InChI=1S/C18H25N3OS/c1-20-10-12-21(13-11-20)9-2-14-22-16-5-3-15(4-6-16)17-7-8-18(19)23-17/h3-8H,2,9-14,19H2,1H3. The lowest BCUT2D eigenvalue weighted by atomic mass is 10.2. The fourth-order valence-corrected chi connectivity index (χ4v) is 3.55. The van der Waals surface area contributed by atoms with Gasteiger partial charge in [-0.1, -0.05) is 0 Å². The fraction of sp³-hybridized carbons (Fsp3) is 0.444. The van der Waals surface area contributed by atoms with Crippen molar-refractivity contribution >= 4 is 16.3 Å². The zero-order valence-electron chi connectivity index (χ0n) is 13.7. The van der Waals surface area contributed by atoms with Crippen molar-refractivity contribution < 1.29 is 4.74 Å². The highest BCUT2D eigenvalue weighted by Crippen LogP contribution is 2.30. The third-order valence-corrected chi connectivity index (χ3v) is 5.21. The summed E-state index contributed by atoms with van der Waals surface area (Å²) in [6, 6.07) is 12.3. The molecular formula is C18H25N3OS. The van der Waals surface area contributed by atoms with Crippen LogP contribution in [0.5, 0.6) is 5.75 Å². The third-order valence-electron chi connectivity index (χ3n) is 4.25. The second-order valence-corrected chi connectivity index (χ2v) is 7.19. The molecular weight excluding hydrogens is 306 g/mol. The molecule has 2 N–H and O–H groups in total. The first-order chi connectivity index (χ1) is 11.2. The molecule has 3 rings (SSSR count). The summed E-state index contributed by atoms with van der Waals surface area (Å²) in [5, 5.41) is 0.851. The highest BCUT2D eigenvalue weighted by molar-refractivity contribution is 7.19. The van der Waals surface area contributed by atoms with Crippen LogP contribution in [0.25, 0.3) is 10.4 Å². The maximum Gasteiger partial charge on any atom is 0.119 e. The highest BCUT2D eigenvalue weighted by Gasteiger charge is 2.12. The van der Waals surface area contributed by atoms with Crippen molar-refractivity contribution in [1.29, 1.82) is 0 Å². The Balaban J connectivity index is 1.40. The summed E-state index contributed by atoms with van der Waals surface area (Å²) in [4.78, 5) is 6.10. The van der Waals surface area contributed by atoms with Crippen molar-refractivity contribution in [3.8, 4) is 16.2 Å². The Morgan fingerprint density at radius 1 is 1.04 bits per heavy atom. The summed E-state index contributed by atoms with van der Waals surface area (Å²) in [5.41, 5.74) is 6.97. The predicted molar refractivity (Wildman–Crippen MR) is 98.2 cm³/mol. The summed E-state index contributed by atoms with van der Waals surface area (Å²) in [5.74, 6) is 0.941. The quantitative estimate of drug-likeness (QED) is 0.826. The first-order valence-electron chi connectivity index (χ1n) is 8.20. The van der Waals surface area contributed by atoms with Crippen LogP contribution in [0.15, 0.2) is 36.4 Å². The van der Waals surface area contributed by atoms with Crippen LogP contribution in [0.1, 0.15) is 6.42 Å². The van der Waals surface area contributed by atoms with Gasteiger partial charge >= 0.3 is 0 Å². The summed E-state index contributed by atoms with van der Waals surface area (Å²) >= 11 is 1.61. The van der Waals surface area contributed by atoms with E-state index in [9.17, 15) is 0 Å². The van der Waals surface area contributed by atoms with Crippen LogP contribution in [0.4, 0.5) is 5.00 Å². The third kappa shape index (κ3) is 4.70. The monoisotopic (exact) mass is 331 g/mol. The van der Waals surface area contributed by atoms with Gasteiger partial charge in [-0.05, 0) is 55.4 Å². The second-order valence-electron chi connectivity index (χ2n) is 6.07. The molecule has 0 aliphatic carbocycles. The van der Waals surface area contributed by atoms with Crippen molar-refractivity contribution in [2.45, 2.75) is 6.42 Å². The number of benzene rings is 1. The molecule has 0 radical (unpaired) electrons. The summed E-state index contributed by atoms with van der Waals surface area (Å²) < 4.78 is 5.86. The number of likely N-dealkylation sites (N-methyl/N-ethyl adjacent to an activating group) is 1. The summed E-state index contributed by atoms with van der Waals surface area (Å²) in [6.45, 7) is 6.60. The maximum absolute atomic E-state index is 5.86. The van der Waals surface area contributed by atoms with Crippen LogP contribution >= 0.6 is 11.3 Å². The highest BCUT2D eigenvalue weighted by atomic mass is 32.1. The number of hydrogen-bond acceptors (Lipinski definition) is 5. The molecule has 0 atom stereocenters. The molecule has 2 heterocycles. The van der Waals surface area contributed by atoms with E-state index in [1.807, 2.05) is 18.2 Å². The van der Waals surface area contributed by atoms with Crippen molar-refractivity contribution in [2.24, 2.45) is 0 Å². The lowest BCUT2D eigenvalue weighted by molar-refractivity contribution is 0.145. The fourth-order valence-electron chi connectivity index (χ4n) is 2.77. The van der Waals surface area contributed by atoms with E-state index in [4.69, 9.17) is 10.5 Å². The molecule has 1 fully saturated rings. The van der Waals surface area contributed by atoms with Gasteiger partial charge in [0.1, 0.15) is 5.75 Å². The number of nitrogens with two attached hydrogens (primary N) is 1. The molecule has 0 bridgehead atoms. The molecule has 5 heteroatoms. The Hall–Kier alpha value is -1.56. The van der Waals surface area contributed by atoms with Gasteiger partial charge in [-0.3, -0.25) is 0 Å². The van der Waals surface area contributed by atoms with Crippen LogP contribution in [0, 0.1) is 0 Å². The minimum absolute atomic E-state index is 0.775. The number of nitrogens with zero attached hydrogens (tertiary/aromatic N) is 2. The number of ether oxygens (including phenoxy) is 1. The Kier molecular flexibility index (Phi) is 5.54. The average molecular weight is 331 g/mol. The minimum Gasteiger partial charge on any atom is -0.494 e. The van der Waals surface area contributed by atoms with E-state index >= 15 is 0 Å². The number of nitrogen functional groups attached to an aromatic ring is 1. The lowest BCUT2D eigenvalue weighted by Gasteiger charge is -2.32. The number of hydrogen-bond donors (Lipinski definition) is 1. The molecule has 0 amide bonds. The molecule has 2 aromatic rings. The van der Waals surface area contributed by atoms with Gasteiger partial charge in [-0.2, -0.15) is 0 Å². The van der Waals surface area contributed by atoms with Gasteiger partial charge < -0.3 is 20.3 Å². The van der Waals surface area contributed by atoms with Crippen LogP contribution < -0.4 is 10.5 Å². The van der Waals surface area contributed by atoms with E-state index in [1.54, 1.807) is 11.3 Å². The van der Waals surface area contributed by atoms with E-state index < -0.39 is 0 Å². The zero-order chi connectivity index (χ0) is 16.1. The average Bonchev–Trinajstić information content (AvgIpc) is 3.00. The number of anilines is 1. The molecule has 0 saturated carbocycles. The maximum atomic E-state index is 5.86. The van der Waals surface area contributed by atoms with E-state index in [2.05, 4.69) is 35.0 Å². The Morgan fingerprint density at radius 3 is 2.43 bits per heavy atom. The van der Waals surface area contributed by atoms with Crippen molar-refractivity contribution in [3.63, 3.8) is 0 Å². The SMILES string of the molecule is CN1CCN(CCCOc2ccc(-c3ccc(N)s3)cc2)CC1. The number of thiophene rings is 1. The molecule has 0 unspecified atom stereocenters. The molecule has 1 aliphatic heterocycles. The van der Waals surface area contributed by atoms with Crippen LogP contribution in [0.2, 0.25) is 0 Å². The minimum atomic E-state index is 0.775. The van der Waals surface area contributed by atoms with Crippen molar-refractivity contribution in [3.05, 3.63) is 36.4 Å². The van der Waals surface area contributed by atoms with Crippen molar-refractivity contribution in [1.82, 2.24) is 9.80 Å². The van der Waals surface area contributed by atoms with Gasteiger partial charge in [-0.15, -0.1) is 11.3 Å². The predicted octanol–water partition coefficient (Wildman–Crippen LogP) is 3.01. The molecule has 1 saturated heterocycles.